The van der Waals surface area contributed by atoms with Crippen LogP contribution in [-0.2, 0) is 19.6 Å². The highest BCUT2D eigenvalue weighted by atomic mass is 16.3. The number of rotatable bonds is 2. The summed E-state index contributed by atoms with van der Waals surface area (Å²) in [4.78, 5) is 4.80. The van der Waals surface area contributed by atoms with Crippen LogP contribution in [0.4, 0.5) is 0 Å². The number of furan rings is 1. The molecule has 1 saturated heterocycles. The summed E-state index contributed by atoms with van der Waals surface area (Å²) >= 11 is 0. The monoisotopic (exact) mass is 221 g/mol. The SMILES string of the molecule is CN1Cc2coc(CN3CCNCC3)c2C1. The average molecular weight is 221 g/mol. The predicted molar refractivity (Wildman–Crippen MR) is 62.0 cm³/mol. The molecule has 1 fully saturated rings. The lowest BCUT2D eigenvalue weighted by atomic mass is 10.2. The van der Waals surface area contributed by atoms with Gasteiger partial charge in [0, 0.05) is 50.4 Å². The molecule has 0 radical (unpaired) electrons. The Morgan fingerprint density at radius 3 is 2.94 bits per heavy atom. The van der Waals surface area contributed by atoms with Crippen LogP contribution in [0.15, 0.2) is 10.7 Å². The molecule has 0 amide bonds. The molecule has 4 nitrogen and oxygen atoms in total. The Balaban J connectivity index is 1.70. The van der Waals surface area contributed by atoms with E-state index in [1.165, 1.54) is 16.9 Å². The van der Waals surface area contributed by atoms with Crippen LogP contribution in [0.5, 0.6) is 0 Å². The van der Waals surface area contributed by atoms with Gasteiger partial charge in [-0.15, -0.1) is 0 Å². The number of fused-ring (bicyclic) bond motifs is 1. The Morgan fingerprint density at radius 1 is 1.31 bits per heavy atom. The largest absolute Gasteiger partial charge is 0.467 e. The molecule has 0 aliphatic carbocycles. The molecule has 0 aromatic carbocycles. The average Bonchev–Trinajstić information content (AvgIpc) is 2.81. The summed E-state index contributed by atoms with van der Waals surface area (Å²) in [5.74, 6) is 1.18. The van der Waals surface area contributed by atoms with Crippen LogP contribution in [0, 0.1) is 0 Å². The summed E-state index contributed by atoms with van der Waals surface area (Å²) in [5, 5.41) is 3.37. The first-order valence-corrected chi connectivity index (χ1v) is 6.02. The predicted octanol–water partition coefficient (Wildman–Crippen LogP) is 0.630. The Bertz CT molecular complexity index is 368. The van der Waals surface area contributed by atoms with Gasteiger partial charge in [-0.1, -0.05) is 0 Å². The Kier molecular flexibility index (Phi) is 2.71. The summed E-state index contributed by atoms with van der Waals surface area (Å²) in [6.45, 7) is 7.53. The van der Waals surface area contributed by atoms with E-state index in [0.29, 0.717) is 0 Å². The second kappa shape index (κ2) is 4.20. The van der Waals surface area contributed by atoms with Crippen molar-refractivity contribution >= 4 is 0 Å². The molecular formula is C12H19N3O. The summed E-state index contributed by atoms with van der Waals surface area (Å²) in [7, 11) is 2.16. The van der Waals surface area contributed by atoms with Gasteiger partial charge in [0.05, 0.1) is 12.8 Å². The van der Waals surface area contributed by atoms with Gasteiger partial charge >= 0.3 is 0 Å². The fraction of sp³-hybridized carbons (Fsp3) is 0.667. The van der Waals surface area contributed by atoms with Crippen molar-refractivity contribution in [2.75, 3.05) is 33.2 Å². The highest BCUT2D eigenvalue weighted by Crippen LogP contribution is 2.27. The number of hydrogen-bond donors (Lipinski definition) is 1. The summed E-state index contributed by atoms with van der Waals surface area (Å²) in [6, 6.07) is 0. The van der Waals surface area contributed by atoms with Gasteiger partial charge in [0.15, 0.2) is 0 Å². The zero-order valence-corrected chi connectivity index (χ0v) is 9.83. The molecule has 0 atom stereocenters. The number of nitrogens with one attached hydrogen (secondary N) is 1. The van der Waals surface area contributed by atoms with E-state index in [0.717, 1.165) is 45.8 Å². The van der Waals surface area contributed by atoms with E-state index < -0.39 is 0 Å². The second-order valence-corrected chi connectivity index (χ2v) is 4.86. The summed E-state index contributed by atoms with van der Waals surface area (Å²) < 4.78 is 5.70. The minimum Gasteiger partial charge on any atom is -0.467 e. The van der Waals surface area contributed by atoms with Crippen molar-refractivity contribution in [2.45, 2.75) is 19.6 Å². The van der Waals surface area contributed by atoms with Crippen molar-refractivity contribution in [2.24, 2.45) is 0 Å². The third kappa shape index (κ3) is 1.88. The molecule has 0 saturated carbocycles. The number of nitrogens with zero attached hydrogens (tertiary/aromatic N) is 2. The lowest BCUT2D eigenvalue weighted by Gasteiger charge is -2.26. The van der Waals surface area contributed by atoms with Gasteiger partial charge in [-0.05, 0) is 7.05 Å². The quantitative estimate of drug-likeness (QED) is 0.794. The highest BCUT2D eigenvalue weighted by molar-refractivity contribution is 5.31. The van der Waals surface area contributed by atoms with E-state index in [1.54, 1.807) is 0 Å². The smallest absolute Gasteiger partial charge is 0.122 e. The van der Waals surface area contributed by atoms with E-state index in [2.05, 4.69) is 22.2 Å². The molecular weight excluding hydrogens is 202 g/mol. The van der Waals surface area contributed by atoms with Gasteiger partial charge in [-0.3, -0.25) is 9.80 Å². The van der Waals surface area contributed by atoms with Gasteiger partial charge in [0.1, 0.15) is 5.76 Å². The molecule has 3 rings (SSSR count). The van der Waals surface area contributed by atoms with Crippen LogP contribution < -0.4 is 5.32 Å². The molecule has 88 valence electrons. The van der Waals surface area contributed by atoms with Crippen LogP contribution in [0.1, 0.15) is 16.9 Å². The Labute approximate surface area is 96.2 Å². The first kappa shape index (κ1) is 10.3. The van der Waals surface area contributed by atoms with E-state index in [9.17, 15) is 0 Å². The number of hydrogen-bond acceptors (Lipinski definition) is 4. The molecule has 0 spiro atoms. The van der Waals surface area contributed by atoms with Gasteiger partial charge < -0.3 is 9.73 Å². The second-order valence-electron chi connectivity index (χ2n) is 4.86. The van der Waals surface area contributed by atoms with E-state index in [4.69, 9.17) is 4.42 Å². The van der Waals surface area contributed by atoms with Crippen LogP contribution >= 0.6 is 0 Å². The highest BCUT2D eigenvalue weighted by Gasteiger charge is 2.23. The Hall–Kier alpha value is -0.840. The van der Waals surface area contributed by atoms with Gasteiger partial charge in [0.25, 0.3) is 0 Å². The Morgan fingerprint density at radius 2 is 2.12 bits per heavy atom. The van der Waals surface area contributed by atoms with Crippen molar-refractivity contribution in [3.63, 3.8) is 0 Å². The molecule has 2 aliphatic rings. The number of piperazine rings is 1. The molecule has 4 heteroatoms. The maximum absolute atomic E-state index is 5.70. The molecule has 16 heavy (non-hydrogen) atoms. The lowest BCUT2D eigenvalue weighted by molar-refractivity contribution is 0.213. The van der Waals surface area contributed by atoms with Crippen molar-refractivity contribution < 1.29 is 4.42 Å². The van der Waals surface area contributed by atoms with E-state index in [-0.39, 0.29) is 0 Å². The van der Waals surface area contributed by atoms with Crippen LogP contribution in [0.2, 0.25) is 0 Å². The zero-order valence-electron chi connectivity index (χ0n) is 9.83. The first-order chi connectivity index (χ1) is 7.83. The third-order valence-electron chi connectivity index (χ3n) is 3.51. The minimum atomic E-state index is 0.977. The van der Waals surface area contributed by atoms with E-state index >= 15 is 0 Å². The molecule has 0 bridgehead atoms. The maximum Gasteiger partial charge on any atom is 0.122 e. The molecule has 2 aliphatic heterocycles. The van der Waals surface area contributed by atoms with Gasteiger partial charge in [-0.2, -0.15) is 0 Å². The van der Waals surface area contributed by atoms with Gasteiger partial charge in [0.2, 0.25) is 0 Å². The lowest BCUT2D eigenvalue weighted by Crippen LogP contribution is -2.42. The maximum atomic E-state index is 5.70. The first-order valence-electron chi connectivity index (χ1n) is 6.02. The molecule has 0 unspecified atom stereocenters. The van der Waals surface area contributed by atoms with Crippen molar-refractivity contribution in [3.8, 4) is 0 Å². The van der Waals surface area contributed by atoms with Crippen molar-refractivity contribution in [1.29, 1.82) is 0 Å². The van der Waals surface area contributed by atoms with Crippen molar-refractivity contribution in [3.05, 3.63) is 23.2 Å². The zero-order chi connectivity index (χ0) is 11.0. The van der Waals surface area contributed by atoms with Gasteiger partial charge in [-0.25, -0.2) is 0 Å². The molecule has 3 heterocycles. The molecule has 1 N–H and O–H groups in total. The van der Waals surface area contributed by atoms with Crippen LogP contribution in [0.3, 0.4) is 0 Å². The summed E-state index contributed by atoms with van der Waals surface area (Å²) in [5.41, 5.74) is 2.81. The molecule has 1 aromatic heterocycles. The van der Waals surface area contributed by atoms with E-state index in [1.807, 2.05) is 6.26 Å². The minimum absolute atomic E-state index is 0.977. The van der Waals surface area contributed by atoms with Crippen LogP contribution in [-0.4, -0.2) is 43.0 Å². The van der Waals surface area contributed by atoms with Crippen LogP contribution in [0.25, 0.3) is 0 Å². The topological polar surface area (TPSA) is 31.7 Å². The fourth-order valence-corrected chi connectivity index (χ4v) is 2.61. The third-order valence-corrected chi connectivity index (χ3v) is 3.51. The fourth-order valence-electron chi connectivity index (χ4n) is 2.61. The van der Waals surface area contributed by atoms with Crippen molar-refractivity contribution in [1.82, 2.24) is 15.1 Å². The normalized spacial score (nSPS) is 22.6. The standard InChI is InChI=1S/C12H19N3O/c1-14-6-10-9-16-12(11(10)7-14)8-15-4-2-13-3-5-15/h9,13H,2-8H2,1H3. The summed E-state index contributed by atoms with van der Waals surface area (Å²) in [6.07, 6.45) is 1.94. The molecule has 1 aromatic rings.